The molecule has 2 aliphatic rings. The first-order chi connectivity index (χ1) is 12.8. The number of pyridine rings is 1. The third-order valence-corrected chi connectivity index (χ3v) is 5.32. The first-order valence-corrected chi connectivity index (χ1v) is 8.92. The summed E-state index contributed by atoms with van der Waals surface area (Å²) >= 11 is 0. The summed E-state index contributed by atoms with van der Waals surface area (Å²) in [5, 5.41) is 4.04. The van der Waals surface area contributed by atoms with E-state index in [0.29, 0.717) is 30.4 Å². The zero-order chi connectivity index (χ0) is 17.5. The van der Waals surface area contributed by atoms with Crippen LogP contribution in [0.5, 0.6) is 0 Å². The number of hydrogen-bond acceptors (Lipinski definition) is 5. The molecule has 0 saturated carbocycles. The molecular formula is C20H18N4O2. The van der Waals surface area contributed by atoms with Gasteiger partial charge in [0.2, 0.25) is 17.6 Å². The Morgan fingerprint density at radius 2 is 2.00 bits per heavy atom. The monoisotopic (exact) mass is 346 g/mol. The Morgan fingerprint density at radius 1 is 1.12 bits per heavy atom. The SMILES string of the molecule is O=C1CC(c2nc(-c3ccccn3)no2)CN1C1CCc2ccccc21. The Kier molecular flexibility index (Phi) is 3.55. The molecule has 0 spiro atoms. The van der Waals surface area contributed by atoms with E-state index < -0.39 is 0 Å². The number of aryl methyl sites for hydroxylation is 1. The van der Waals surface area contributed by atoms with Crippen molar-refractivity contribution in [3.8, 4) is 11.5 Å². The molecule has 130 valence electrons. The molecule has 0 radical (unpaired) electrons. The number of nitrogens with zero attached hydrogens (tertiary/aromatic N) is 4. The molecule has 3 aromatic rings. The Hall–Kier alpha value is -3.02. The predicted molar refractivity (Wildman–Crippen MR) is 94.1 cm³/mol. The normalized spacial score (nSPS) is 22.0. The van der Waals surface area contributed by atoms with Crippen molar-refractivity contribution in [2.75, 3.05) is 6.54 Å². The molecule has 6 heteroatoms. The van der Waals surface area contributed by atoms with Gasteiger partial charge in [-0.25, -0.2) is 0 Å². The molecule has 6 nitrogen and oxygen atoms in total. The van der Waals surface area contributed by atoms with E-state index in [-0.39, 0.29) is 17.9 Å². The lowest BCUT2D eigenvalue weighted by molar-refractivity contribution is -0.129. The molecule has 3 heterocycles. The molecule has 1 amide bonds. The van der Waals surface area contributed by atoms with E-state index in [4.69, 9.17) is 4.52 Å². The van der Waals surface area contributed by atoms with Gasteiger partial charge < -0.3 is 9.42 Å². The molecule has 2 aromatic heterocycles. The number of rotatable bonds is 3. The molecule has 1 aliphatic carbocycles. The van der Waals surface area contributed by atoms with Crippen LogP contribution < -0.4 is 0 Å². The van der Waals surface area contributed by atoms with Crippen LogP contribution in [0.3, 0.4) is 0 Å². The standard InChI is InChI=1S/C20H18N4O2/c25-18-11-14(20-22-19(23-26-20)16-7-3-4-10-21-16)12-24(18)17-9-8-13-5-1-2-6-15(13)17/h1-7,10,14,17H,8-9,11-12H2. The van der Waals surface area contributed by atoms with E-state index in [9.17, 15) is 4.79 Å². The van der Waals surface area contributed by atoms with E-state index in [1.165, 1.54) is 11.1 Å². The van der Waals surface area contributed by atoms with Gasteiger partial charge in [0.15, 0.2) is 0 Å². The van der Waals surface area contributed by atoms with E-state index in [2.05, 4.69) is 33.3 Å². The van der Waals surface area contributed by atoms with Crippen molar-refractivity contribution in [3.05, 3.63) is 65.7 Å². The Labute approximate surface area is 150 Å². The molecule has 2 unspecified atom stereocenters. The second-order valence-corrected chi connectivity index (χ2v) is 6.87. The summed E-state index contributed by atoms with van der Waals surface area (Å²) in [6, 6.07) is 14.1. The van der Waals surface area contributed by atoms with E-state index in [1.54, 1.807) is 6.20 Å². The van der Waals surface area contributed by atoms with Crippen LogP contribution in [0.2, 0.25) is 0 Å². The van der Waals surface area contributed by atoms with E-state index in [0.717, 1.165) is 12.8 Å². The first kappa shape index (κ1) is 15.3. The molecule has 1 saturated heterocycles. The van der Waals surface area contributed by atoms with Gasteiger partial charge in [0, 0.05) is 19.2 Å². The van der Waals surface area contributed by atoms with Crippen LogP contribution in [0.15, 0.2) is 53.2 Å². The fourth-order valence-corrected chi connectivity index (χ4v) is 4.06. The van der Waals surface area contributed by atoms with Crippen molar-refractivity contribution in [3.63, 3.8) is 0 Å². The Morgan fingerprint density at radius 3 is 2.88 bits per heavy atom. The second kappa shape index (κ2) is 6.05. The summed E-state index contributed by atoms with van der Waals surface area (Å²) in [6.45, 7) is 0.627. The minimum Gasteiger partial charge on any atom is -0.339 e. The zero-order valence-corrected chi connectivity index (χ0v) is 14.2. The van der Waals surface area contributed by atoms with Crippen LogP contribution >= 0.6 is 0 Å². The molecular weight excluding hydrogens is 328 g/mol. The minimum atomic E-state index is -0.0553. The second-order valence-electron chi connectivity index (χ2n) is 6.87. The Bertz CT molecular complexity index is 953. The van der Waals surface area contributed by atoms with Gasteiger partial charge in [-0.3, -0.25) is 9.78 Å². The van der Waals surface area contributed by atoms with Crippen LogP contribution in [-0.4, -0.2) is 32.5 Å². The number of carbonyl (C=O) groups excluding carboxylic acids is 1. The first-order valence-electron chi connectivity index (χ1n) is 8.92. The van der Waals surface area contributed by atoms with Gasteiger partial charge in [-0.1, -0.05) is 35.5 Å². The molecule has 1 aromatic carbocycles. The van der Waals surface area contributed by atoms with Gasteiger partial charge in [-0.2, -0.15) is 4.98 Å². The number of likely N-dealkylation sites (tertiary alicyclic amines) is 1. The molecule has 0 bridgehead atoms. The molecule has 1 fully saturated rings. The summed E-state index contributed by atoms with van der Waals surface area (Å²) in [6.07, 6.45) is 4.13. The number of benzene rings is 1. The number of hydrogen-bond donors (Lipinski definition) is 0. The van der Waals surface area contributed by atoms with Crippen molar-refractivity contribution < 1.29 is 9.32 Å². The molecule has 5 rings (SSSR count). The third kappa shape index (κ3) is 2.49. The van der Waals surface area contributed by atoms with Gasteiger partial charge in [0.05, 0.1) is 12.0 Å². The fourth-order valence-electron chi connectivity index (χ4n) is 4.06. The maximum atomic E-state index is 12.7. The summed E-state index contributed by atoms with van der Waals surface area (Å²) < 4.78 is 5.45. The summed E-state index contributed by atoms with van der Waals surface area (Å²) in [5.41, 5.74) is 3.30. The van der Waals surface area contributed by atoms with Crippen molar-refractivity contribution in [1.29, 1.82) is 0 Å². The summed E-state index contributed by atoms with van der Waals surface area (Å²) in [5.74, 6) is 1.10. The van der Waals surface area contributed by atoms with E-state index >= 15 is 0 Å². The highest BCUT2D eigenvalue weighted by atomic mass is 16.5. The zero-order valence-electron chi connectivity index (χ0n) is 14.2. The molecule has 0 N–H and O–H groups in total. The fraction of sp³-hybridized carbons (Fsp3) is 0.300. The number of amides is 1. The lowest BCUT2D eigenvalue weighted by Gasteiger charge is -2.25. The van der Waals surface area contributed by atoms with Gasteiger partial charge >= 0.3 is 0 Å². The van der Waals surface area contributed by atoms with Crippen LogP contribution in [0.1, 0.15) is 41.8 Å². The van der Waals surface area contributed by atoms with Gasteiger partial charge in [0.25, 0.3) is 0 Å². The van der Waals surface area contributed by atoms with Crippen LogP contribution in [0, 0.1) is 0 Å². The van der Waals surface area contributed by atoms with Gasteiger partial charge in [-0.15, -0.1) is 0 Å². The number of fused-ring (bicyclic) bond motifs is 1. The average molecular weight is 346 g/mol. The van der Waals surface area contributed by atoms with Crippen LogP contribution in [0.25, 0.3) is 11.5 Å². The van der Waals surface area contributed by atoms with Crippen LogP contribution in [0.4, 0.5) is 0 Å². The van der Waals surface area contributed by atoms with Gasteiger partial charge in [-0.05, 0) is 36.1 Å². The summed E-state index contributed by atoms with van der Waals surface area (Å²) in [7, 11) is 0. The smallest absolute Gasteiger partial charge is 0.232 e. The van der Waals surface area contributed by atoms with Crippen LogP contribution in [-0.2, 0) is 11.2 Å². The number of carbonyl (C=O) groups is 1. The molecule has 1 aliphatic heterocycles. The van der Waals surface area contributed by atoms with Crippen molar-refractivity contribution >= 4 is 5.91 Å². The molecule has 26 heavy (non-hydrogen) atoms. The molecule has 2 atom stereocenters. The average Bonchev–Trinajstić information content (AvgIpc) is 3.40. The quantitative estimate of drug-likeness (QED) is 0.728. The van der Waals surface area contributed by atoms with Gasteiger partial charge in [0.1, 0.15) is 5.69 Å². The van der Waals surface area contributed by atoms with E-state index in [1.807, 2.05) is 29.2 Å². The third-order valence-electron chi connectivity index (χ3n) is 5.32. The maximum Gasteiger partial charge on any atom is 0.232 e. The number of aromatic nitrogens is 3. The lowest BCUT2D eigenvalue weighted by atomic mass is 10.1. The summed E-state index contributed by atoms with van der Waals surface area (Å²) in [4.78, 5) is 23.4. The largest absolute Gasteiger partial charge is 0.339 e. The highest BCUT2D eigenvalue weighted by Crippen LogP contribution is 2.40. The van der Waals surface area contributed by atoms with Crippen molar-refractivity contribution in [2.45, 2.75) is 31.2 Å². The lowest BCUT2D eigenvalue weighted by Crippen LogP contribution is -2.28. The predicted octanol–water partition coefficient (Wildman–Crippen LogP) is 3.14. The van der Waals surface area contributed by atoms with Crippen molar-refractivity contribution in [1.82, 2.24) is 20.0 Å². The van der Waals surface area contributed by atoms with Crippen molar-refractivity contribution in [2.24, 2.45) is 0 Å². The highest BCUT2D eigenvalue weighted by molar-refractivity contribution is 5.80. The topological polar surface area (TPSA) is 72.1 Å². The maximum absolute atomic E-state index is 12.7. The minimum absolute atomic E-state index is 0.0553. The Balaban J connectivity index is 1.37. The highest BCUT2D eigenvalue weighted by Gasteiger charge is 2.40.